The number of hydrogen-bond donors (Lipinski definition) is 0. The van der Waals surface area contributed by atoms with Gasteiger partial charge in [-0.05, 0) is 16.7 Å². The Morgan fingerprint density at radius 2 is 1.47 bits per heavy atom. The highest BCUT2D eigenvalue weighted by Crippen LogP contribution is 2.58. The number of rotatable bonds is 5. The van der Waals surface area contributed by atoms with Crippen LogP contribution in [-0.4, -0.2) is 35.1 Å². The molecule has 0 spiro atoms. The molecule has 7 atom stereocenters. The number of benzene rings is 3. The topological polar surface area (TPSA) is 74.1 Å². The molecular weight excluding hydrogens is 456 g/mol. The second kappa shape index (κ2) is 9.41. The zero-order valence-electron chi connectivity index (χ0n) is 20.2. The molecule has 3 aliphatic rings. The second-order valence-corrected chi connectivity index (χ2v) is 10.1. The Bertz CT molecular complexity index is 1190. The van der Waals surface area contributed by atoms with Gasteiger partial charge in [0.1, 0.15) is 6.10 Å². The molecule has 36 heavy (non-hydrogen) atoms. The van der Waals surface area contributed by atoms with Crippen LogP contribution in [0.15, 0.2) is 91.0 Å². The van der Waals surface area contributed by atoms with E-state index in [1.54, 1.807) is 12.3 Å². The smallest absolute Gasteiger partial charge is 0.220 e. The van der Waals surface area contributed by atoms with Gasteiger partial charge in [-0.2, -0.15) is 0 Å². The molecule has 2 heterocycles. The third kappa shape index (κ3) is 3.92. The van der Waals surface area contributed by atoms with Gasteiger partial charge in [0.25, 0.3) is 0 Å². The van der Waals surface area contributed by atoms with Crippen LogP contribution in [0.4, 0.5) is 0 Å². The average Bonchev–Trinajstić information content (AvgIpc) is 3.35. The van der Waals surface area contributed by atoms with E-state index >= 15 is 0 Å². The van der Waals surface area contributed by atoms with Gasteiger partial charge in [0, 0.05) is 43.1 Å². The molecule has 0 N–H and O–H groups in total. The predicted octanol–water partition coefficient (Wildman–Crippen LogP) is 5.64. The van der Waals surface area contributed by atoms with Crippen LogP contribution in [0.25, 0.3) is 0 Å². The third-order valence-electron chi connectivity index (χ3n) is 8.28. The minimum Gasteiger partial charge on any atom is -0.351 e. The molecule has 3 aromatic carbocycles. The average molecular weight is 487 g/mol. The lowest BCUT2D eigenvalue weighted by Gasteiger charge is -2.54. The van der Waals surface area contributed by atoms with E-state index in [4.69, 9.17) is 14.4 Å². The minimum absolute atomic E-state index is 0.0483. The quantitative estimate of drug-likeness (QED) is 0.343. The SMILES string of the molecule is CO[C@]12C[C@H](c3ccccc3)[C@@H]([N+](=O)[O-])C[C@H]1[C@H](c1ccccc1)C1CC(c3ccccc3)ON1O2. The Labute approximate surface area is 210 Å². The van der Waals surface area contributed by atoms with E-state index in [0.717, 1.165) is 23.1 Å². The van der Waals surface area contributed by atoms with Crippen molar-refractivity contribution < 1.29 is 19.3 Å². The van der Waals surface area contributed by atoms with Crippen molar-refractivity contribution in [2.75, 3.05) is 7.11 Å². The Hall–Kier alpha value is -3.10. The third-order valence-corrected chi connectivity index (χ3v) is 8.28. The van der Waals surface area contributed by atoms with Gasteiger partial charge in [0.15, 0.2) is 5.79 Å². The summed E-state index contributed by atoms with van der Waals surface area (Å²) < 4.78 is 6.20. The number of hydrogen-bond acceptors (Lipinski definition) is 6. The van der Waals surface area contributed by atoms with E-state index in [-0.39, 0.29) is 34.8 Å². The predicted molar refractivity (Wildman–Crippen MR) is 133 cm³/mol. The summed E-state index contributed by atoms with van der Waals surface area (Å²) in [7, 11) is 1.65. The summed E-state index contributed by atoms with van der Waals surface area (Å²) >= 11 is 0. The van der Waals surface area contributed by atoms with Crippen LogP contribution in [0.2, 0.25) is 0 Å². The first-order chi connectivity index (χ1) is 17.6. The molecule has 7 nitrogen and oxygen atoms in total. The summed E-state index contributed by atoms with van der Waals surface area (Å²) in [5.41, 5.74) is 3.14. The first-order valence-electron chi connectivity index (χ1n) is 12.6. The zero-order valence-corrected chi connectivity index (χ0v) is 20.2. The molecular formula is C29H30N2O5. The van der Waals surface area contributed by atoms with Crippen molar-refractivity contribution in [2.24, 2.45) is 5.92 Å². The lowest BCUT2D eigenvalue weighted by molar-refractivity contribution is -0.552. The molecule has 0 radical (unpaired) electrons. The molecule has 6 rings (SSSR count). The fourth-order valence-corrected chi connectivity index (χ4v) is 6.60. The highest BCUT2D eigenvalue weighted by Gasteiger charge is 2.64. The molecule has 0 aromatic heterocycles. The number of fused-ring (bicyclic) bond motifs is 2. The van der Waals surface area contributed by atoms with E-state index in [9.17, 15) is 10.1 Å². The second-order valence-electron chi connectivity index (χ2n) is 10.1. The summed E-state index contributed by atoms with van der Waals surface area (Å²) in [6.07, 6.45) is 1.30. The van der Waals surface area contributed by atoms with Crippen molar-refractivity contribution >= 4 is 0 Å². The highest BCUT2D eigenvalue weighted by molar-refractivity contribution is 5.29. The lowest BCUT2D eigenvalue weighted by atomic mass is 9.63. The molecule has 186 valence electrons. The van der Waals surface area contributed by atoms with Gasteiger partial charge < -0.3 is 4.74 Å². The van der Waals surface area contributed by atoms with Crippen molar-refractivity contribution in [2.45, 2.75) is 55.1 Å². The zero-order chi connectivity index (χ0) is 24.7. The molecule has 1 aliphatic carbocycles. The van der Waals surface area contributed by atoms with Crippen LogP contribution >= 0.6 is 0 Å². The molecule has 2 unspecified atom stereocenters. The first kappa shape index (κ1) is 23.3. The highest BCUT2D eigenvalue weighted by atomic mass is 17.0. The maximum absolute atomic E-state index is 12.4. The van der Waals surface area contributed by atoms with Crippen LogP contribution in [0.3, 0.4) is 0 Å². The number of methoxy groups -OCH3 is 1. The maximum atomic E-state index is 12.4. The van der Waals surface area contributed by atoms with Gasteiger partial charge in [0.05, 0.1) is 12.0 Å². The summed E-state index contributed by atoms with van der Waals surface area (Å²) in [4.78, 5) is 25.3. The summed E-state index contributed by atoms with van der Waals surface area (Å²) in [6, 6.07) is 29.3. The first-order valence-corrected chi connectivity index (χ1v) is 12.6. The van der Waals surface area contributed by atoms with Gasteiger partial charge in [-0.15, -0.1) is 0 Å². The van der Waals surface area contributed by atoms with Crippen LogP contribution in [0.1, 0.15) is 53.9 Å². The number of hydroxylamine groups is 2. The number of nitro groups is 1. The monoisotopic (exact) mass is 486 g/mol. The van der Waals surface area contributed by atoms with Crippen molar-refractivity contribution in [3.8, 4) is 0 Å². The molecule has 2 aliphatic heterocycles. The van der Waals surface area contributed by atoms with E-state index < -0.39 is 11.8 Å². The number of ether oxygens (including phenoxy) is 1. The van der Waals surface area contributed by atoms with E-state index in [1.165, 1.54) is 0 Å². The van der Waals surface area contributed by atoms with Crippen LogP contribution in [-0.2, 0) is 14.4 Å². The fraction of sp³-hybridized carbons (Fsp3) is 0.379. The summed E-state index contributed by atoms with van der Waals surface area (Å²) in [5.74, 6) is -1.64. The van der Waals surface area contributed by atoms with Crippen molar-refractivity contribution in [3.63, 3.8) is 0 Å². The Kier molecular flexibility index (Phi) is 6.09. The van der Waals surface area contributed by atoms with Crippen LogP contribution in [0.5, 0.6) is 0 Å². The van der Waals surface area contributed by atoms with Gasteiger partial charge in [-0.1, -0.05) is 96.2 Å². The standard InChI is InChI=1S/C29H30N2O5/c1-34-29-19-23(20-11-5-2-6-12-20)25(30(32)33)17-24(29)28(22-15-9-4-10-16-22)26-18-27(35-31(26)36-29)21-13-7-3-8-14-21/h2-16,23-28H,17-19H2,1H3/t23-,24+,25+,26?,27?,28+,29+/m1/s1. The maximum Gasteiger partial charge on any atom is 0.220 e. The molecule has 0 amide bonds. The summed E-state index contributed by atoms with van der Waals surface area (Å²) in [5, 5.41) is 14.0. The number of nitrogens with zero attached hydrogens (tertiary/aromatic N) is 2. The van der Waals surface area contributed by atoms with E-state index in [1.807, 2.05) is 66.7 Å². The van der Waals surface area contributed by atoms with Gasteiger partial charge in [0.2, 0.25) is 6.04 Å². The minimum atomic E-state index is -1.05. The molecule has 2 saturated heterocycles. The van der Waals surface area contributed by atoms with Crippen LogP contribution in [0, 0.1) is 16.0 Å². The van der Waals surface area contributed by atoms with E-state index in [0.29, 0.717) is 12.8 Å². The van der Waals surface area contributed by atoms with Gasteiger partial charge in [-0.25, -0.2) is 4.84 Å². The lowest BCUT2D eigenvalue weighted by Crippen LogP contribution is -2.63. The molecule has 3 aromatic rings. The molecule has 0 bridgehead atoms. The normalized spacial score (nSPS) is 34.0. The van der Waals surface area contributed by atoms with Gasteiger partial charge >= 0.3 is 0 Å². The Morgan fingerprint density at radius 3 is 2.06 bits per heavy atom. The molecule has 1 saturated carbocycles. The van der Waals surface area contributed by atoms with Crippen molar-refractivity contribution in [1.29, 1.82) is 0 Å². The Morgan fingerprint density at radius 1 is 0.889 bits per heavy atom. The molecule has 3 fully saturated rings. The van der Waals surface area contributed by atoms with Crippen LogP contribution < -0.4 is 0 Å². The van der Waals surface area contributed by atoms with Crippen molar-refractivity contribution in [1.82, 2.24) is 5.23 Å². The van der Waals surface area contributed by atoms with E-state index in [2.05, 4.69) is 24.3 Å². The fourth-order valence-electron chi connectivity index (χ4n) is 6.60. The summed E-state index contributed by atoms with van der Waals surface area (Å²) in [6.45, 7) is 0. The van der Waals surface area contributed by atoms with Gasteiger partial charge in [-0.3, -0.25) is 15.0 Å². The molecule has 7 heteroatoms. The Balaban J connectivity index is 1.43. The van der Waals surface area contributed by atoms with Crippen molar-refractivity contribution in [3.05, 3.63) is 118 Å². The largest absolute Gasteiger partial charge is 0.351 e.